The van der Waals surface area contributed by atoms with Gasteiger partial charge in [-0.05, 0) is 24.0 Å². The van der Waals surface area contributed by atoms with E-state index in [0.717, 1.165) is 29.7 Å². The standard InChI is InChI=1S/C20H24N2O/c1-2-3-6-15-19(18-13-9-5-10-14-18)21-22-20(23)16-17-11-7-4-8-12-17/h4-5,7-14H,2-3,6,15-16H2,1H3,(H,22,23)/b21-19+. The van der Waals surface area contributed by atoms with Crippen LogP contribution < -0.4 is 5.43 Å². The number of benzene rings is 2. The lowest BCUT2D eigenvalue weighted by Gasteiger charge is -2.07. The fourth-order valence-corrected chi connectivity index (χ4v) is 2.39. The van der Waals surface area contributed by atoms with Gasteiger partial charge in [-0.1, -0.05) is 80.4 Å². The Labute approximate surface area is 138 Å². The van der Waals surface area contributed by atoms with E-state index in [4.69, 9.17) is 0 Å². The molecule has 0 aromatic heterocycles. The number of hydrogen-bond acceptors (Lipinski definition) is 2. The van der Waals surface area contributed by atoms with E-state index in [2.05, 4.69) is 17.5 Å². The molecule has 0 heterocycles. The van der Waals surface area contributed by atoms with Crippen molar-refractivity contribution in [2.24, 2.45) is 5.10 Å². The van der Waals surface area contributed by atoms with E-state index >= 15 is 0 Å². The van der Waals surface area contributed by atoms with Crippen LogP contribution >= 0.6 is 0 Å². The Morgan fingerprint density at radius 2 is 1.61 bits per heavy atom. The molecule has 120 valence electrons. The molecule has 0 fully saturated rings. The van der Waals surface area contributed by atoms with Crippen LogP contribution in [0.3, 0.4) is 0 Å². The second-order valence-corrected chi connectivity index (χ2v) is 5.58. The van der Waals surface area contributed by atoms with Crippen LogP contribution in [-0.2, 0) is 11.2 Å². The molecule has 3 heteroatoms. The van der Waals surface area contributed by atoms with E-state index in [1.54, 1.807) is 0 Å². The maximum absolute atomic E-state index is 12.1. The van der Waals surface area contributed by atoms with Crippen LogP contribution in [0.25, 0.3) is 0 Å². The van der Waals surface area contributed by atoms with Gasteiger partial charge in [0.25, 0.3) is 0 Å². The highest BCUT2D eigenvalue weighted by molar-refractivity contribution is 6.01. The molecule has 0 spiro atoms. The fourth-order valence-electron chi connectivity index (χ4n) is 2.39. The van der Waals surface area contributed by atoms with Gasteiger partial charge in [0.2, 0.25) is 5.91 Å². The number of rotatable bonds is 8. The Morgan fingerprint density at radius 1 is 0.957 bits per heavy atom. The first kappa shape index (κ1) is 16.9. The summed E-state index contributed by atoms with van der Waals surface area (Å²) in [5.74, 6) is -0.0832. The summed E-state index contributed by atoms with van der Waals surface area (Å²) < 4.78 is 0. The van der Waals surface area contributed by atoms with Crippen molar-refractivity contribution < 1.29 is 4.79 Å². The van der Waals surface area contributed by atoms with Crippen molar-refractivity contribution in [1.82, 2.24) is 5.43 Å². The van der Waals surface area contributed by atoms with Crippen molar-refractivity contribution >= 4 is 11.6 Å². The number of unbranched alkanes of at least 4 members (excludes halogenated alkanes) is 2. The summed E-state index contributed by atoms with van der Waals surface area (Å²) in [7, 11) is 0. The first-order chi connectivity index (χ1) is 11.3. The molecule has 0 aliphatic rings. The summed E-state index contributed by atoms with van der Waals surface area (Å²) in [6.07, 6.45) is 4.65. The van der Waals surface area contributed by atoms with Gasteiger partial charge in [-0.25, -0.2) is 5.43 Å². The van der Waals surface area contributed by atoms with E-state index in [9.17, 15) is 4.79 Å². The number of hydrogen-bond donors (Lipinski definition) is 1. The minimum Gasteiger partial charge on any atom is -0.273 e. The molecule has 0 atom stereocenters. The summed E-state index contributed by atoms with van der Waals surface area (Å²) in [4.78, 5) is 12.1. The van der Waals surface area contributed by atoms with Gasteiger partial charge in [0.05, 0.1) is 12.1 Å². The van der Waals surface area contributed by atoms with Gasteiger partial charge in [-0.2, -0.15) is 5.10 Å². The first-order valence-electron chi connectivity index (χ1n) is 8.24. The second-order valence-electron chi connectivity index (χ2n) is 5.58. The van der Waals surface area contributed by atoms with Gasteiger partial charge in [-0.15, -0.1) is 0 Å². The van der Waals surface area contributed by atoms with Crippen molar-refractivity contribution in [2.75, 3.05) is 0 Å². The molecular weight excluding hydrogens is 284 g/mol. The lowest BCUT2D eigenvalue weighted by atomic mass is 10.0. The molecule has 0 radical (unpaired) electrons. The lowest BCUT2D eigenvalue weighted by molar-refractivity contribution is -0.120. The van der Waals surface area contributed by atoms with Gasteiger partial charge in [0.15, 0.2) is 0 Å². The highest BCUT2D eigenvalue weighted by atomic mass is 16.2. The molecule has 1 N–H and O–H groups in total. The van der Waals surface area contributed by atoms with Crippen LogP contribution in [0.4, 0.5) is 0 Å². The Balaban J connectivity index is 2.00. The van der Waals surface area contributed by atoms with Crippen molar-refractivity contribution in [3.05, 3.63) is 71.8 Å². The number of nitrogens with zero attached hydrogens (tertiary/aromatic N) is 1. The predicted molar refractivity (Wildman–Crippen MR) is 95.4 cm³/mol. The third-order valence-corrected chi connectivity index (χ3v) is 3.65. The van der Waals surface area contributed by atoms with E-state index in [1.807, 2.05) is 60.7 Å². The summed E-state index contributed by atoms with van der Waals surface area (Å²) in [6.45, 7) is 2.18. The van der Waals surface area contributed by atoms with Crippen molar-refractivity contribution in [1.29, 1.82) is 0 Å². The average Bonchev–Trinajstić information content (AvgIpc) is 2.59. The molecule has 0 aliphatic carbocycles. The zero-order valence-electron chi connectivity index (χ0n) is 13.7. The topological polar surface area (TPSA) is 41.5 Å². The van der Waals surface area contributed by atoms with E-state index < -0.39 is 0 Å². The van der Waals surface area contributed by atoms with Gasteiger partial charge in [-0.3, -0.25) is 4.79 Å². The third-order valence-electron chi connectivity index (χ3n) is 3.65. The molecule has 2 aromatic rings. The third kappa shape index (κ3) is 6.07. The normalized spacial score (nSPS) is 11.3. The number of carbonyl (C=O) groups is 1. The Bertz CT molecular complexity index is 621. The van der Waals surface area contributed by atoms with Gasteiger partial charge in [0.1, 0.15) is 0 Å². The molecule has 0 saturated carbocycles. The van der Waals surface area contributed by atoms with Crippen LogP contribution in [0, 0.1) is 0 Å². The Kier molecular flexibility index (Phi) is 7.05. The van der Waals surface area contributed by atoms with Gasteiger partial charge in [0, 0.05) is 0 Å². The molecule has 2 rings (SSSR count). The molecule has 1 amide bonds. The average molecular weight is 308 g/mol. The summed E-state index contributed by atoms with van der Waals surface area (Å²) in [5.41, 5.74) is 5.72. The quantitative estimate of drug-likeness (QED) is 0.440. The van der Waals surface area contributed by atoms with E-state index in [-0.39, 0.29) is 5.91 Å². The number of amides is 1. The van der Waals surface area contributed by atoms with E-state index in [1.165, 1.54) is 12.8 Å². The lowest BCUT2D eigenvalue weighted by Crippen LogP contribution is -2.22. The van der Waals surface area contributed by atoms with Crippen molar-refractivity contribution in [3.63, 3.8) is 0 Å². The predicted octanol–water partition coefficient (Wildman–Crippen LogP) is 4.33. The highest BCUT2D eigenvalue weighted by Gasteiger charge is 2.06. The molecule has 0 unspecified atom stereocenters. The maximum Gasteiger partial charge on any atom is 0.244 e. The molecule has 23 heavy (non-hydrogen) atoms. The number of hydrazone groups is 1. The summed E-state index contributed by atoms with van der Waals surface area (Å²) in [5, 5.41) is 4.38. The number of nitrogens with one attached hydrogen (secondary N) is 1. The maximum atomic E-state index is 12.1. The molecule has 0 saturated heterocycles. The number of carbonyl (C=O) groups excluding carboxylic acids is 1. The van der Waals surface area contributed by atoms with Gasteiger partial charge < -0.3 is 0 Å². The minimum atomic E-state index is -0.0832. The Morgan fingerprint density at radius 3 is 2.26 bits per heavy atom. The van der Waals surface area contributed by atoms with Crippen LogP contribution in [0.15, 0.2) is 65.8 Å². The SMILES string of the molecule is CCCCC/C(=N\NC(=O)Cc1ccccc1)c1ccccc1. The van der Waals surface area contributed by atoms with E-state index in [0.29, 0.717) is 6.42 Å². The second kappa shape index (κ2) is 9.57. The van der Waals surface area contributed by atoms with Gasteiger partial charge >= 0.3 is 0 Å². The summed E-state index contributed by atoms with van der Waals surface area (Å²) >= 11 is 0. The molecule has 0 aliphatic heterocycles. The smallest absolute Gasteiger partial charge is 0.244 e. The molecule has 3 nitrogen and oxygen atoms in total. The first-order valence-corrected chi connectivity index (χ1v) is 8.24. The zero-order chi connectivity index (χ0) is 16.3. The van der Waals surface area contributed by atoms with Crippen LogP contribution in [0.5, 0.6) is 0 Å². The van der Waals surface area contributed by atoms with Crippen molar-refractivity contribution in [3.8, 4) is 0 Å². The monoisotopic (exact) mass is 308 g/mol. The molecule has 2 aromatic carbocycles. The highest BCUT2D eigenvalue weighted by Crippen LogP contribution is 2.09. The summed E-state index contributed by atoms with van der Waals surface area (Å²) in [6, 6.07) is 19.8. The fraction of sp³-hybridized carbons (Fsp3) is 0.300. The largest absolute Gasteiger partial charge is 0.273 e. The molecular formula is C20H24N2O. The zero-order valence-corrected chi connectivity index (χ0v) is 13.7. The van der Waals surface area contributed by atoms with Crippen molar-refractivity contribution in [2.45, 2.75) is 39.0 Å². The van der Waals surface area contributed by atoms with Crippen LogP contribution in [-0.4, -0.2) is 11.6 Å². The van der Waals surface area contributed by atoms with Crippen LogP contribution in [0.2, 0.25) is 0 Å². The van der Waals surface area contributed by atoms with Crippen LogP contribution in [0.1, 0.15) is 43.7 Å². The Hall–Kier alpha value is -2.42. The minimum absolute atomic E-state index is 0.0832. The molecule has 0 bridgehead atoms.